The second-order valence-corrected chi connectivity index (χ2v) is 4.20. The van der Waals surface area contributed by atoms with Crippen molar-refractivity contribution in [3.63, 3.8) is 0 Å². The Morgan fingerprint density at radius 3 is 2.53 bits per heavy atom. The maximum atomic E-state index is 4.30. The minimum atomic E-state index is 0.695. The van der Waals surface area contributed by atoms with E-state index in [0.29, 0.717) is 6.54 Å². The molecule has 0 spiro atoms. The number of hydrogen-bond donors (Lipinski definition) is 0. The van der Waals surface area contributed by atoms with Crippen LogP contribution in [0.15, 0.2) is 52.6 Å². The second-order valence-electron chi connectivity index (χ2n) is 4.20. The van der Waals surface area contributed by atoms with Gasteiger partial charge in [-0.05, 0) is 42.3 Å². The Morgan fingerprint density at radius 2 is 1.95 bits per heavy atom. The molecule has 1 rings (SSSR count). The molecule has 0 radical (unpaired) electrons. The molecular weight excluding hydrogens is 232 g/mol. The van der Waals surface area contributed by atoms with Crippen LogP contribution in [0.1, 0.15) is 37.8 Å². The SMILES string of the molecule is C=N/C=C\C=NCc1ccc(/C(=C/CC)CC)cc1. The Kier molecular flexibility index (Phi) is 7.18. The molecular formula is C17H22N2. The lowest BCUT2D eigenvalue weighted by atomic mass is 10.0. The van der Waals surface area contributed by atoms with Crippen LogP contribution >= 0.6 is 0 Å². The lowest BCUT2D eigenvalue weighted by Gasteiger charge is -2.05. The summed E-state index contributed by atoms with van der Waals surface area (Å²) in [6.07, 6.45) is 9.59. The predicted octanol–water partition coefficient (Wildman–Crippen LogP) is 4.68. The van der Waals surface area contributed by atoms with Gasteiger partial charge in [0.25, 0.3) is 0 Å². The van der Waals surface area contributed by atoms with Crippen LogP contribution in [0.5, 0.6) is 0 Å². The fourth-order valence-corrected chi connectivity index (χ4v) is 1.86. The van der Waals surface area contributed by atoms with E-state index in [1.807, 2.05) is 0 Å². The third kappa shape index (κ3) is 5.47. The molecule has 0 atom stereocenters. The highest BCUT2D eigenvalue weighted by molar-refractivity contribution is 5.71. The third-order valence-electron chi connectivity index (χ3n) is 2.81. The molecule has 0 N–H and O–H groups in total. The Balaban J connectivity index is 2.66. The van der Waals surface area contributed by atoms with Gasteiger partial charge < -0.3 is 0 Å². The van der Waals surface area contributed by atoms with Gasteiger partial charge in [-0.25, -0.2) is 0 Å². The summed E-state index contributed by atoms with van der Waals surface area (Å²) in [6, 6.07) is 8.64. The molecule has 100 valence electrons. The van der Waals surface area contributed by atoms with Gasteiger partial charge in [0.1, 0.15) is 0 Å². The predicted molar refractivity (Wildman–Crippen MR) is 85.9 cm³/mol. The van der Waals surface area contributed by atoms with E-state index in [2.05, 4.69) is 60.9 Å². The molecule has 0 saturated heterocycles. The van der Waals surface area contributed by atoms with Gasteiger partial charge in [-0.2, -0.15) is 0 Å². The molecule has 0 bridgehead atoms. The van der Waals surface area contributed by atoms with Crippen LogP contribution in [-0.4, -0.2) is 12.9 Å². The summed E-state index contributed by atoms with van der Waals surface area (Å²) in [5, 5.41) is 0. The first-order chi connectivity index (χ1) is 9.31. The monoisotopic (exact) mass is 254 g/mol. The van der Waals surface area contributed by atoms with E-state index in [4.69, 9.17) is 0 Å². The highest BCUT2D eigenvalue weighted by Gasteiger charge is 1.98. The van der Waals surface area contributed by atoms with Gasteiger partial charge in [0.05, 0.1) is 6.54 Å². The molecule has 2 heteroatoms. The van der Waals surface area contributed by atoms with Gasteiger partial charge in [-0.15, -0.1) is 0 Å². The van der Waals surface area contributed by atoms with E-state index in [1.165, 1.54) is 16.7 Å². The van der Waals surface area contributed by atoms with Crippen LogP contribution < -0.4 is 0 Å². The summed E-state index contributed by atoms with van der Waals surface area (Å²) >= 11 is 0. The summed E-state index contributed by atoms with van der Waals surface area (Å²) in [7, 11) is 0. The van der Waals surface area contributed by atoms with Crippen molar-refractivity contribution in [2.24, 2.45) is 9.98 Å². The standard InChI is InChI=1S/C17H22N2/c1-4-7-16(5-2)17-10-8-15(9-11-17)14-19-13-6-12-18-3/h6-13H,3-5,14H2,1-2H3/b12-6-,16-7+,19-13?. The van der Waals surface area contributed by atoms with E-state index in [0.717, 1.165) is 12.8 Å². The minimum Gasteiger partial charge on any atom is -0.288 e. The summed E-state index contributed by atoms with van der Waals surface area (Å²) in [6.45, 7) is 8.42. The zero-order valence-electron chi connectivity index (χ0n) is 11.8. The summed E-state index contributed by atoms with van der Waals surface area (Å²) in [5.41, 5.74) is 3.94. The number of hydrogen-bond acceptors (Lipinski definition) is 2. The Hall–Kier alpha value is -1.96. The fraction of sp³-hybridized carbons (Fsp3) is 0.294. The molecule has 2 nitrogen and oxygen atoms in total. The molecule has 0 unspecified atom stereocenters. The summed E-state index contributed by atoms with van der Waals surface area (Å²) < 4.78 is 0. The number of rotatable bonds is 7. The molecule has 0 heterocycles. The van der Waals surface area contributed by atoms with E-state index in [-0.39, 0.29) is 0 Å². The molecule has 0 aliphatic carbocycles. The Labute approximate surface area is 116 Å². The number of benzene rings is 1. The highest BCUT2D eigenvalue weighted by Crippen LogP contribution is 2.19. The second kappa shape index (κ2) is 9.03. The topological polar surface area (TPSA) is 24.7 Å². The van der Waals surface area contributed by atoms with Crippen molar-refractivity contribution in [1.29, 1.82) is 0 Å². The van der Waals surface area contributed by atoms with Crippen molar-refractivity contribution in [2.75, 3.05) is 0 Å². The van der Waals surface area contributed by atoms with Gasteiger partial charge in [0.2, 0.25) is 0 Å². The summed E-state index contributed by atoms with van der Waals surface area (Å²) in [4.78, 5) is 7.91. The van der Waals surface area contributed by atoms with Gasteiger partial charge in [0.15, 0.2) is 0 Å². The number of allylic oxidation sites excluding steroid dienone is 3. The fourth-order valence-electron chi connectivity index (χ4n) is 1.86. The van der Waals surface area contributed by atoms with Crippen molar-refractivity contribution in [3.8, 4) is 0 Å². The van der Waals surface area contributed by atoms with Crippen molar-refractivity contribution in [3.05, 3.63) is 53.7 Å². The molecule has 1 aromatic carbocycles. The Morgan fingerprint density at radius 1 is 1.21 bits per heavy atom. The largest absolute Gasteiger partial charge is 0.288 e. The van der Waals surface area contributed by atoms with E-state index in [1.54, 1.807) is 18.5 Å². The molecule has 0 aromatic heterocycles. The van der Waals surface area contributed by atoms with Crippen molar-refractivity contribution in [2.45, 2.75) is 33.2 Å². The zero-order chi connectivity index (χ0) is 13.9. The average Bonchev–Trinajstić information content (AvgIpc) is 2.45. The molecule has 0 fully saturated rings. The van der Waals surface area contributed by atoms with Crippen molar-refractivity contribution < 1.29 is 0 Å². The van der Waals surface area contributed by atoms with Crippen LogP contribution in [0.3, 0.4) is 0 Å². The lowest BCUT2D eigenvalue weighted by Crippen LogP contribution is -1.86. The molecule has 1 aromatic rings. The normalized spacial score (nSPS) is 12.4. The average molecular weight is 254 g/mol. The van der Waals surface area contributed by atoms with Crippen molar-refractivity contribution >= 4 is 18.5 Å². The van der Waals surface area contributed by atoms with Gasteiger partial charge in [-0.3, -0.25) is 9.98 Å². The number of aliphatic imine (C=N–C) groups is 2. The first-order valence-corrected chi connectivity index (χ1v) is 6.71. The minimum absolute atomic E-state index is 0.695. The van der Waals surface area contributed by atoms with Crippen molar-refractivity contribution in [1.82, 2.24) is 0 Å². The van der Waals surface area contributed by atoms with Gasteiger partial charge >= 0.3 is 0 Å². The van der Waals surface area contributed by atoms with E-state index < -0.39 is 0 Å². The zero-order valence-corrected chi connectivity index (χ0v) is 11.8. The van der Waals surface area contributed by atoms with Crippen LogP contribution in [0.2, 0.25) is 0 Å². The molecule has 0 amide bonds. The smallest absolute Gasteiger partial charge is 0.0639 e. The lowest BCUT2D eigenvalue weighted by molar-refractivity contribution is 1.08. The van der Waals surface area contributed by atoms with Gasteiger partial charge in [0, 0.05) is 12.4 Å². The molecule has 19 heavy (non-hydrogen) atoms. The molecule has 0 saturated carbocycles. The van der Waals surface area contributed by atoms with Crippen LogP contribution in [0.4, 0.5) is 0 Å². The molecule has 0 aliphatic rings. The quantitative estimate of drug-likeness (QED) is 0.631. The maximum absolute atomic E-state index is 4.30. The van der Waals surface area contributed by atoms with Crippen LogP contribution in [0, 0.1) is 0 Å². The maximum Gasteiger partial charge on any atom is 0.0639 e. The van der Waals surface area contributed by atoms with Gasteiger partial charge in [-0.1, -0.05) is 44.2 Å². The van der Waals surface area contributed by atoms with Crippen LogP contribution in [0.25, 0.3) is 5.57 Å². The first kappa shape index (κ1) is 15.1. The van der Waals surface area contributed by atoms with E-state index in [9.17, 15) is 0 Å². The highest BCUT2D eigenvalue weighted by atomic mass is 14.7. The first-order valence-electron chi connectivity index (χ1n) is 6.71. The van der Waals surface area contributed by atoms with E-state index >= 15 is 0 Å². The Bertz CT molecular complexity index is 465. The third-order valence-corrected chi connectivity index (χ3v) is 2.81. The van der Waals surface area contributed by atoms with Crippen LogP contribution in [-0.2, 0) is 6.54 Å². The number of nitrogens with zero attached hydrogens (tertiary/aromatic N) is 2. The molecule has 0 aliphatic heterocycles. The summed E-state index contributed by atoms with van der Waals surface area (Å²) in [5.74, 6) is 0.